The lowest BCUT2D eigenvalue weighted by Crippen LogP contribution is -2.11. The summed E-state index contributed by atoms with van der Waals surface area (Å²) in [7, 11) is 2.03. The van der Waals surface area contributed by atoms with Crippen LogP contribution in [0.3, 0.4) is 0 Å². The zero-order valence-electron chi connectivity index (χ0n) is 11.2. The quantitative estimate of drug-likeness (QED) is 0.681. The Balaban J connectivity index is 2.37. The summed E-state index contributed by atoms with van der Waals surface area (Å²) in [6.45, 7) is 2.15. The van der Waals surface area contributed by atoms with Crippen LogP contribution in [0.15, 0.2) is 42.5 Å². The molecule has 0 heterocycles. The van der Waals surface area contributed by atoms with Crippen LogP contribution in [0.1, 0.15) is 18.1 Å². The van der Waals surface area contributed by atoms with Crippen LogP contribution < -0.4 is 4.90 Å². The van der Waals surface area contributed by atoms with E-state index in [0.717, 1.165) is 23.4 Å². The molecule has 3 heteroatoms. The van der Waals surface area contributed by atoms with Crippen molar-refractivity contribution in [3.8, 4) is 0 Å². The van der Waals surface area contributed by atoms with Crippen molar-refractivity contribution < 1.29 is 0 Å². The smallest absolute Gasteiger partial charge is 0.0509 e. The SMILES string of the molecule is CCc1ccc(N(C)c2cccc(Cl)c2CCl)cc1. The van der Waals surface area contributed by atoms with Gasteiger partial charge in [0, 0.05) is 29.0 Å². The van der Waals surface area contributed by atoms with E-state index >= 15 is 0 Å². The summed E-state index contributed by atoms with van der Waals surface area (Å²) in [6, 6.07) is 14.4. The Hall–Kier alpha value is -1.18. The van der Waals surface area contributed by atoms with E-state index in [4.69, 9.17) is 23.2 Å². The standard InChI is InChI=1S/C16H17Cl2N/c1-3-12-7-9-13(10-8-12)19(2)16-6-4-5-15(18)14(16)11-17/h4-10H,3,11H2,1-2H3. The summed E-state index contributed by atoms with van der Waals surface area (Å²) in [5.74, 6) is 0.409. The zero-order chi connectivity index (χ0) is 13.8. The number of alkyl halides is 1. The Morgan fingerprint density at radius 3 is 2.32 bits per heavy atom. The molecule has 2 rings (SSSR count). The van der Waals surface area contributed by atoms with Crippen molar-refractivity contribution in [2.45, 2.75) is 19.2 Å². The van der Waals surface area contributed by atoms with Gasteiger partial charge >= 0.3 is 0 Å². The number of hydrogen-bond donors (Lipinski definition) is 0. The van der Waals surface area contributed by atoms with Gasteiger partial charge in [0.1, 0.15) is 0 Å². The first-order valence-electron chi connectivity index (χ1n) is 6.33. The van der Waals surface area contributed by atoms with Gasteiger partial charge in [-0.25, -0.2) is 0 Å². The van der Waals surface area contributed by atoms with E-state index in [0.29, 0.717) is 10.9 Å². The van der Waals surface area contributed by atoms with Crippen molar-refractivity contribution in [2.24, 2.45) is 0 Å². The fourth-order valence-corrected chi connectivity index (χ4v) is 2.67. The van der Waals surface area contributed by atoms with Crippen molar-refractivity contribution in [3.05, 3.63) is 58.6 Å². The van der Waals surface area contributed by atoms with Crippen LogP contribution in [-0.4, -0.2) is 7.05 Å². The third kappa shape index (κ3) is 3.05. The molecule has 2 aromatic rings. The molecule has 2 aromatic carbocycles. The lowest BCUT2D eigenvalue weighted by atomic mass is 10.1. The predicted molar refractivity (Wildman–Crippen MR) is 84.9 cm³/mol. The van der Waals surface area contributed by atoms with E-state index in [1.807, 2.05) is 25.2 Å². The van der Waals surface area contributed by atoms with Crippen LogP contribution in [0.4, 0.5) is 11.4 Å². The molecule has 100 valence electrons. The van der Waals surface area contributed by atoms with Crippen LogP contribution >= 0.6 is 23.2 Å². The Labute approximate surface area is 124 Å². The van der Waals surface area contributed by atoms with Crippen LogP contribution in [0.5, 0.6) is 0 Å². The molecule has 0 bridgehead atoms. The second kappa shape index (κ2) is 6.31. The van der Waals surface area contributed by atoms with E-state index in [2.05, 4.69) is 36.1 Å². The van der Waals surface area contributed by atoms with Gasteiger partial charge in [0.05, 0.1) is 5.88 Å². The molecule has 0 saturated heterocycles. The largest absolute Gasteiger partial charge is 0.344 e. The van der Waals surface area contributed by atoms with E-state index < -0.39 is 0 Å². The lowest BCUT2D eigenvalue weighted by molar-refractivity contribution is 1.13. The van der Waals surface area contributed by atoms with Gasteiger partial charge < -0.3 is 4.90 Å². The highest BCUT2D eigenvalue weighted by Gasteiger charge is 2.11. The Bertz CT molecular complexity index is 549. The van der Waals surface area contributed by atoms with Gasteiger partial charge in [-0.15, -0.1) is 11.6 Å². The Kier molecular flexibility index (Phi) is 4.73. The van der Waals surface area contributed by atoms with Crippen LogP contribution in [0, 0.1) is 0 Å². The number of benzene rings is 2. The average Bonchev–Trinajstić information content (AvgIpc) is 2.46. The van der Waals surface area contributed by atoms with E-state index in [9.17, 15) is 0 Å². The first-order valence-corrected chi connectivity index (χ1v) is 7.24. The monoisotopic (exact) mass is 293 g/mol. The van der Waals surface area contributed by atoms with Gasteiger partial charge in [-0.2, -0.15) is 0 Å². The van der Waals surface area contributed by atoms with E-state index in [-0.39, 0.29) is 0 Å². The topological polar surface area (TPSA) is 3.24 Å². The van der Waals surface area contributed by atoms with Gasteiger partial charge in [-0.3, -0.25) is 0 Å². The van der Waals surface area contributed by atoms with Crippen molar-refractivity contribution in [2.75, 3.05) is 11.9 Å². The number of halogens is 2. The molecule has 0 spiro atoms. The molecule has 0 radical (unpaired) electrons. The summed E-state index contributed by atoms with van der Waals surface area (Å²) in [5, 5.41) is 0.713. The molecular formula is C16H17Cl2N. The molecule has 0 saturated carbocycles. The normalized spacial score (nSPS) is 10.5. The van der Waals surface area contributed by atoms with Crippen molar-refractivity contribution in [1.82, 2.24) is 0 Å². The molecule has 0 fully saturated rings. The highest BCUT2D eigenvalue weighted by atomic mass is 35.5. The highest BCUT2D eigenvalue weighted by Crippen LogP contribution is 2.32. The van der Waals surface area contributed by atoms with Crippen molar-refractivity contribution >= 4 is 34.6 Å². The molecule has 0 atom stereocenters. The minimum atomic E-state index is 0.409. The van der Waals surface area contributed by atoms with Crippen molar-refractivity contribution in [1.29, 1.82) is 0 Å². The Morgan fingerprint density at radius 1 is 1.05 bits per heavy atom. The molecule has 0 aromatic heterocycles. The molecule has 0 aliphatic rings. The summed E-state index contributed by atoms with van der Waals surface area (Å²) in [6.07, 6.45) is 1.05. The number of aryl methyl sites for hydroxylation is 1. The van der Waals surface area contributed by atoms with E-state index in [1.54, 1.807) is 0 Å². The van der Waals surface area contributed by atoms with Crippen LogP contribution in [0.25, 0.3) is 0 Å². The second-order valence-corrected chi connectivity index (χ2v) is 5.12. The van der Waals surface area contributed by atoms with Gasteiger partial charge in [0.2, 0.25) is 0 Å². The minimum absolute atomic E-state index is 0.409. The summed E-state index contributed by atoms with van der Waals surface area (Å²) >= 11 is 12.2. The third-order valence-electron chi connectivity index (χ3n) is 3.32. The van der Waals surface area contributed by atoms with E-state index in [1.165, 1.54) is 5.56 Å². The molecule has 0 unspecified atom stereocenters. The summed E-state index contributed by atoms with van der Waals surface area (Å²) < 4.78 is 0. The number of hydrogen-bond acceptors (Lipinski definition) is 1. The molecule has 0 amide bonds. The fraction of sp³-hybridized carbons (Fsp3) is 0.250. The molecule has 19 heavy (non-hydrogen) atoms. The lowest BCUT2D eigenvalue weighted by Gasteiger charge is -2.23. The molecule has 0 aliphatic carbocycles. The number of anilines is 2. The maximum atomic E-state index is 6.20. The highest BCUT2D eigenvalue weighted by molar-refractivity contribution is 6.32. The Morgan fingerprint density at radius 2 is 1.74 bits per heavy atom. The maximum absolute atomic E-state index is 6.20. The van der Waals surface area contributed by atoms with Crippen LogP contribution in [0.2, 0.25) is 5.02 Å². The van der Waals surface area contributed by atoms with Gasteiger partial charge in [0.15, 0.2) is 0 Å². The first kappa shape index (κ1) is 14.2. The third-order valence-corrected chi connectivity index (χ3v) is 3.94. The predicted octanol–water partition coefficient (Wildman–Crippen LogP) is 5.41. The molecular weight excluding hydrogens is 277 g/mol. The fourth-order valence-electron chi connectivity index (χ4n) is 2.09. The van der Waals surface area contributed by atoms with Crippen LogP contribution in [-0.2, 0) is 12.3 Å². The molecule has 1 nitrogen and oxygen atoms in total. The second-order valence-electron chi connectivity index (χ2n) is 4.45. The first-order chi connectivity index (χ1) is 9.17. The molecule has 0 aliphatic heterocycles. The zero-order valence-corrected chi connectivity index (χ0v) is 12.7. The summed E-state index contributed by atoms with van der Waals surface area (Å²) in [4.78, 5) is 2.11. The van der Waals surface area contributed by atoms with Gasteiger partial charge in [0.25, 0.3) is 0 Å². The number of rotatable bonds is 4. The maximum Gasteiger partial charge on any atom is 0.0509 e. The average molecular weight is 294 g/mol. The minimum Gasteiger partial charge on any atom is -0.344 e. The molecule has 0 N–H and O–H groups in total. The number of nitrogens with zero attached hydrogens (tertiary/aromatic N) is 1. The van der Waals surface area contributed by atoms with Gasteiger partial charge in [-0.05, 0) is 36.2 Å². The van der Waals surface area contributed by atoms with Gasteiger partial charge in [-0.1, -0.05) is 36.7 Å². The van der Waals surface area contributed by atoms with Crippen molar-refractivity contribution in [3.63, 3.8) is 0 Å². The summed E-state index contributed by atoms with van der Waals surface area (Å²) in [5.41, 5.74) is 4.48.